The van der Waals surface area contributed by atoms with Gasteiger partial charge in [-0.3, -0.25) is 9.78 Å². The molecule has 5 heteroatoms. The number of nitrogens with one attached hydrogen (secondary N) is 2. The molecule has 1 aromatic carbocycles. The van der Waals surface area contributed by atoms with Crippen LogP contribution >= 0.6 is 12.8 Å². The number of benzene rings is 1. The number of nitrogens with zero attached hydrogens (tertiary/aromatic N) is 1. The molecule has 1 amide bonds. The Morgan fingerprint density at radius 3 is 3.00 bits per heavy atom. The SMILES string of the molecule is O=C(CCc1ccc2c(c1)[nH]c1ccncc12)NS. The van der Waals surface area contributed by atoms with Gasteiger partial charge in [-0.1, -0.05) is 24.9 Å². The van der Waals surface area contributed by atoms with Crippen molar-refractivity contribution in [1.82, 2.24) is 14.7 Å². The Bertz CT molecular complexity index is 751. The number of H-pyrrole nitrogens is 1. The molecule has 0 aliphatic rings. The highest BCUT2D eigenvalue weighted by molar-refractivity contribution is 7.78. The minimum absolute atomic E-state index is 0.0655. The van der Waals surface area contributed by atoms with Gasteiger partial charge < -0.3 is 9.71 Å². The van der Waals surface area contributed by atoms with Crippen molar-refractivity contribution in [1.29, 1.82) is 0 Å². The number of carbonyl (C=O) groups is 1. The van der Waals surface area contributed by atoms with E-state index in [2.05, 4.69) is 45.7 Å². The maximum absolute atomic E-state index is 11.2. The minimum Gasteiger partial charge on any atom is -0.354 e. The van der Waals surface area contributed by atoms with E-state index in [0.29, 0.717) is 12.8 Å². The number of aromatic amines is 1. The van der Waals surface area contributed by atoms with Crippen molar-refractivity contribution in [2.45, 2.75) is 12.8 Å². The second-order valence-corrected chi connectivity index (χ2v) is 4.68. The fourth-order valence-corrected chi connectivity index (χ4v) is 2.37. The van der Waals surface area contributed by atoms with Crippen molar-refractivity contribution in [3.05, 3.63) is 42.2 Å². The molecule has 2 heterocycles. The molecule has 0 bridgehead atoms. The molecule has 0 atom stereocenters. The van der Waals surface area contributed by atoms with E-state index in [4.69, 9.17) is 0 Å². The van der Waals surface area contributed by atoms with Crippen LogP contribution in [0.2, 0.25) is 0 Å². The van der Waals surface area contributed by atoms with Gasteiger partial charge in [0.2, 0.25) is 5.91 Å². The number of pyridine rings is 1. The van der Waals surface area contributed by atoms with Crippen LogP contribution in [-0.2, 0) is 11.2 Å². The van der Waals surface area contributed by atoms with Crippen LogP contribution in [0.25, 0.3) is 21.8 Å². The van der Waals surface area contributed by atoms with E-state index in [0.717, 1.165) is 27.4 Å². The largest absolute Gasteiger partial charge is 0.354 e. The van der Waals surface area contributed by atoms with Crippen LogP contribution in [0.1, 0.15) is 12.0 Å². The third-order valence-electron chi connectivity index (χ3n) is 3.23. The highest BCUT2D eigenvalue weighted by atomic mass is 32.1. The number of aryl methyl sites for hydroxylation is 1. The second-order valence-electron chi connectivity index (χ2n) is 4.46. The molecular weight excluding hydrogens is 258 g/mol. The Balaban J connectivity index is 1.97. The Morgan fingerprint density at radius 1 is 1.26 bits per heavy atom. The van der Waals surface area contributed by atoms with E-state index in [1.165, 1.54) is 0 Å². The average Bonchev–Trinajstić information content (AvgIpc) is 2.82. The zero-order valence-electron chi connectivity index (χ0n) is 10.2. The Kier molecular flexibility index (Phi) is 3.13. The van der Waals surface area contributed by atoms with Crippen molar-refractivity contribution in [3.8, 4) is 0 Å². The first-order valence-corrected chi connectivity index (χ1v) is 6.50. The van der Waals surface area contributed by atoms with Crippen LogP contribution in [0.3, 0.4) is 0 Å². The van der Waals surface area contributed by atoms with E-state index in [1.54, 1.807) is 6.20 Å². The summed E-state index contributed by atoms with van der Waals surface area (Å²) in [5, 5.41) is 2.28. The third-order valence-corrected chi connectivity index (χ3v) is 3.48. The first-order chi connectivity index (χ1) is 9.28. The lowest BCUT2D eigenvalue weighted by Crippen LogP contribution is -2.12. The molecule has 0 radical (unpaired) electrons. The number of hydrogen-bond donors (Lipinski definition) is 3. The lowest BCUT2D eigenvalue weighted by atomic mass is 10.1. The number of carbonyl (C=O) groups excluding carboxylic acids is 1. The molecule has 3 rings (SSSR count). The summed E-state index contributed by atoms with van der Waals surface area (Å²) < 4.78 is 2.33. The molecule has 0 fully saturated rings. The molecule has 2 N–H and O–H groups in total. The average molecular weight is 271 g/mol. The standard InChI is InChI=1S/C14H13N3OS/c18-14(17-19)4-2-9-1-3-10-11-8-15-6-5-12(11)16-13(10)7-9/h1,3,5-8,16,19H,2,4H2,(H,17,18). The molecule has 0 spiro atoms. The van der Waals surface area contributed by atoms with Gasteiger partial charge in [0.05, 0.1) is 0 Å². The molecule has 0 saturated heterocycles. The third kappa shape index (κ3) is 2.29. The fourth-order valence-electron chi connectivity index (χ4n) is 2.26. The summed E-state index contributed by atoms with van der Waals surface area (Å²) in [5.41, 5.74) is 3.28. The van der Waals surface area contributed by atoms with Crippen molar-refractivity contribution in [3.63, 3.8) is 0 Å². The number of hydrogen-bond acceptors (Lipinski definition) is 3. The van der Waals surface area contributed by atoms with Gasteiger partial charge in [-0.2, -0.15) is 0 Å². The number of fused-ring (bicyclic) bond motifs is 3. The van der Waals surface area contributed by atoms with Gasteiger partial charge in [0.25, 0.3) is 0 Å². The fraction of sp³-hybridized carbons (Fsp3) is 0.143. The summed E-state index contributed by atoms with van der Waals surface area (Å²) in [5.74, 6) is -0.0655. The van der Waals surface area contributed by atoms with E-state index >= 15 is 0 Å². The van der Waals surface area contributed by atoms with Gasteiger partial charge >= 0.3 is 0 Å². The van der Waals surface area contributed by atoms with Crippen molar-refractivity contribution in [2.75, 3.05) is 0 Å². The summed E-state index contributed by atoms with van der Waals surface area (Å²) in [6, 6.07) is 8.17. The Morgan fingerprint density at radius 2 is 2.16 bits per heavy atom. The Labute approximate surface area is 115 Å². The quantitative estimate of drug-likeness (QED) is 0.641. The molecule has 0 unspecified atom stereocenters. The molecule has 19 heavy (non-hydrogen) atoms. The lowest BCUT2D eigenvalue weighted by molar-refractivity contribution is -0.119. The summed E-state index contributed by atoms with van der Waals surface area (Å²) in [6.45, 7) is 0. The van der Waals surface area contributed by atoms with Gasteiger partial charge in [0.15, 0.2) is 0 Å². The Hall–Kier alpha value is -2.01. The molecule has 0 aliphatic heterocycles. The number of rotatable bonds is 3. The molecule has 0 saturated carbocycles. The van der Waals surface area contributed by atoms with Crippen LogP contribution in [0.5, 0.6) is 0 Å². The summed E-state index contributed by atoms with van der Waals surface area (Å²) in [6.07, 6.45) is 4.78. The van der Waals surface area contributed by atoms with Crippen molar-refractivity contribution < 1.29 is 4.79 Å². The van der Waals surface area contributed by atoms with E-state index in [1.807, 2.05) is 12.3 Å². The molecule has 3 aromatic rings. The smallest absolute Gasteiger partial charge is 0.229 e. The molecular formula is C14H13N3OS. The molecule has 2 aromatic heterocycles. The highest BCUT2D eigenvalue weighted by Crippen LogP contribution is 2.25. The van der Waals surface area contributed by atoms with Crippen LogP contribution in [0.4, 0.5) is 0 Å². The summed E-state index contributed by atoms with van der Waals surface area (Å²) in [7, 11) is 0. The molecule has 4 nitrogen and oxygen atoms in total. The van der Waals surface area contributed by atoms with Crippen LogP contribution in [-0.4, -0.2) is 15.9 Å². The summed E-state index contributed by atoms with van der Waals surface area (Å²) >= 11 is 3.74. The van der Waals surface area contributed by atoms with Crippen molar-refractivity contribution >= 4 is 40.5 Å². The monoisotopic (exact) mass is 271 g/mol. The normalized spacial score (nSPS) is 11.0. The van der Waals surface area contributed by atoms with Crippen LogP contribution in [0.15, 0.2) is 36.7 Å². The zero-order chi connectivity index (χ0) is 13.2. The minimum atomic E-state index is -0.0655. The number of thiol groups is 1. The maximum atomic E-state index is 11.2. The van der Waals surface area contributed by atoms with E-state index < -0.39 is 0 Å². The van der Waals surface area contributed by atoms with E-state index in [9.17, 15) is 4.79 Å². The summed E-state index contributed by atoms with van der Waals surface area (Å²) in [4.78, 5) is 18.7. The lowest BCUT2D eigenvalue weighted by Gasteiger charge is -2.01. The second kappa shape index (κ2) is 4.93. The van der Waals surface area contributed by atoms with Gasteiger partial charge in [-0.25, -0.2) is 0 Å². The van der Waals surface area contributed by atoms with Gasteiger partial charge in [0.1, 0.15) is 0 Å². The van der Waals surface area contributed by atoms with Crippen LogP contribution < -0.4 is 4.72 Å². The predicted molar refractivity (Wildman–Crippen MR) is 79.0 cm³/mol. The number of amides is 1. The van der Waals surface area contributed by atoms with E-state index in [-0.39, 0.29) is 5.91 Å². The topological polar surface area (TPSA) is 57.8 Å². The van der Waals surface area contributed by atoms with Crippen LogP contribution in [0, 0.1) is 0 Å². The van der Waals surface area contributed by atoms with Gasteiger partial charge in [-0.15, -0.1) is 0 Å². The number of aromatic nitrogens is 2. The highest BCUT2D eigenvalue weighted by Gasteiger charge is 2.06. The zero-order valence-corrected chi connectivity index (χ0v) is 11.1. The molecule has 0 aliphatic carbocycles. The predicted octanol–water partition coefficient (Wildman–Crippen LogP) is 2.61. The maximum Gasteiger partial charge on any atom is 0.229 e. The van der Waals surface area contributed by atoms with Gasteiger partial charge in [-0.05, 0) is 24.1 Å². The van der Waals surface area contributed by atoms with Gasteiger partial charge in [0, 0.05) is 40.6 Å². The molecule has 96 valence electrons. The van der Waals surface area contributed by atoms with Crippen molar-refractivity contribution in [2.24, 2.45) is 0 Å². The first-order valence-electron chi connectivity index (χ1n) is 6.05. The first kappa shape index (κ1) is 12.0.